The number of aliphatic carboxylic acids is 1. The number of nitro groups is 1. The Morgan fingerprint density at radius 2 is 1.42 bits per heavy atom. The number of carbonyl (C=O) groups excluding carboxylic acids is 9. The van der Waals surface area contributed by atoms with Crippen molar-refractivity contribution in [3.8, 4) is 0 Å². The van der Waals surface area contributed by atoms with Crippen LogP contribution < -0.4 is 49.1 Å². The van der Waals surface area contributed by atoms with Gasteiger partial charge in [0.2, 0.25) is 53.2 Å². The SMILES string of the molecule is NC(=O)C[C@@H]1NC(=O)[C@@H]2C[C@@H](O)CN2C(=O)CNC(=O)[C@H](Cc2ccccc2[N+](=O)[O-])NC(=O)CNC(=O)[C@@H](CC(=O)O)NC(=O)[C@H](N)CSSC[C@H](C(N)=O)NC1=O. The third-order valence-corrected chi connectivity index (χ3v) is 11.1. The maximum Gasteiger partial charge on any atom is 0.305 e. The van der Waals surface area contributed by atoms with Crippen molar-refractivity contribution in [2.75, 3.05) is 31.1 Å². The van der Waals surface area contributed by atoms with Crippen LogP contribution in [-0.4, -0.2) is 153 Å². The zero-order chi connectivity index (χ0) is 44.0. The van der Waals surface area contributed by atoms with Crippen LogP contribution >= 0.6 is 21.6 Å². The summed E-state index contributed by atoms with van der Waals surface area (Å²) in [5, 5.41) is 44.9. The third-order valence-electron chi connectivity index (χ3n) is 8.62. The van der Waals surface area contributed by atoms with Gasteiger partial charge in [-0.05, 0) is 0 Å². The lowest BCUT2D eigenvalue weighted by molar-refractivity contribution is -0.385. The Bertz CT molecular complexity index is 1840. The molecule has 3 rings (SSSR count). The number of primary amides is 2. The second-order valence-corrected chi connectivity index (χ2v) is 15.7. The number of nitrogens with two attached hydrogens (primary N) is 3. The van der Waals surface area contributed by atoms with E-state index >= 15 is 0 Å². The Morgan fingerprint density at radius 3 is 2.07 bits per heavy atom. The molecule has 14 N–H and O–H groups in total. The van der Waals surface area contributed by atoms with Gasteiger partial charge in [0.15, 0.2) is 0 Å². The molecule has 7 atom stereocenters. The van der Waals surface area contributed by atoms with Gasteiger partial charge in [0, 0.05) is 42.5 Å². The number of nitrogens with zero attached hydrogens (tertiary/aromatic N) is 2. The van der Waals surface area contributed by atoms with E-state index in [9.17, 15) is 68.3 Å². The molecule has 1 aromatic rings. The van der Waals surface area contributed by atoms with Gasteiger partial charge in [0.05, 0.1) is 43.0 Å². The summed E-state index contributed by atoms with van der Waals surface area (Å²) in [5.41, 5.74) is 16.2. The number of carboxylic acid groups (broad SMARTS) is 1. The standard InChI is InChI=1S/C32H43N11O14S2/c33-16-12-58-59-13-20(27(35)50)41-31(54)18(7-23(34)45)40-32(55)22-6-15(44)11-42(22)25(47)10-37-29(52)17(5-14-3-1-2-4-21(14)43(56)57)38-24(46)9-36-30(53)19(8-26(48)49)39-28(16)51/h1-4,15-20,22,44H,5-13,33H2,(H2,34,45)(H2,35,50)(H,36,53)(H,37,52)(H,38,46)(H,39,51)(H,40,55)(H,41,54)(H,48,49)/t15-,16-,17+,18+,19-,20-,22+/m1/s1. The van der Waals surface area contributed by atoms with E-state index in [2.05, 4.69) is 31.9 Å². The van der Waals surface area contributed by atoms with Crippen molar-refractivity contribution in [2.45, 2.75) is 68.0 Å². The Balaban J connectivity index is 1.96. The summed E-state index contributed by atoms with van der Waals surface area (Å²) in [6.07, 6.45) is -3.84. The molecule has 27 heteroatoms. The minimum absolute atomic E-state index is 0.0267. The van der Waals surface area contributed by atoms with Gasteiger partial charge in [-0.2, -0.15) is 0 Å². The number of carboxylic acids is 1. The van der Waals surface area contributed by atoms with Crippen LogP contribution in [0.25, 0.3) is 0 Å². The van der Waals surface area contributed by atoms with E-state index in [0.29, 0.717) is 0 Å². The van der Waals surface area contributed by atoms with Crippen LogP contribution in [0, 0.1) is 10.1 Å². The number of nitro benzene ring substituents is 1. The van der Waals surface area contributed by atoms with E-state index in [1.165, 1.54) is 18.2 Å². The second kappa shape index (κ2) is 22.2. The van der Waals surface area contributed by atoms with Gasteiger partial charge in [0.25, 0.3) is 5.69 Å². The van der Waals surface area contributed by atoms with Gasteiger partial charge in [0.1, 0.15) is 30.2 Å². The van der Waals surface area contributed by atoms with Crippen LogP contribution in [0.15, 0.2) is 24.3 Å². The lowest BCUT2D eigenvalue weighted by atomic mass is 10.0. The number of amides is 9. The van der Waals surface area contributed by atoms with Crippen molar-refractivity contribution in [1.82, 2.24) is 36.8 Å². The smallest absolute Gasteiger partial charge is 0.305 e. The summed E-state index contributed by atoms with van der Waals surface area (Å²) in [7, 11) is 1.83. The molecule has 0 unspecified atom stereocenters. The van der Waals surface area contributed by atoms with Gasteiger partial charge in [-0.15, -0.1) is 0 Å². The summed E-state index contributed by atoms with van der Waals surface area (Å²) in [5.74, 6) is -11.3. The molecule has 0 aromatic heterocycles. The molecule has 0 spiro atoms. The van der Waals surface area contributed by atoms with Crippen molar-refractivity contribution >= 4 is 86.4 Å². The average molecular weight is 870 g/mol. The number of hydrogen-bond acceptors (Lipinski definition) is 16. The fourth-order valence-electron chi connectivity index (χ4n) is 5.67. The molecule has 2 heterocycles. The highest BCUT2D eigenvalue weighted by Crippen LogP contribution is 2.23. The summed E-state index contributed by atoms with van der Waals surface area (Å²) in [4.78, 5) is 140. The Kier molecular flexibility index (Phi) is 17.8. The Hall–Kier alpha value is -6.06. The van der Waals surface area contributed by atoms with E-state index in [1.54, 1.807) is 0 Å². The topological polar surface area (TPSA) is 408 Å². The van der Waals surface area contributed by atoms with E-state index in [-0.39, 0.29) is 23.5 Å². The lowest BCUT2D eigenvalue weighted by Crippen LogP contribution is -2.58. The molecule has 0 aliphatic carbocycles. The number of carbonyl (C=O) groups is 10. The largest absolute Gasteiger partial charge is 0.481 e. The van der Waals surface area contributed by atoms with Crippen LogP contribution in [0.3, 0.4) is 0 Å². The fraction of sp³-hybridized carbons (Fsp3) is 0.500. The van der Waals surface area contributed by atoms with Crippen molar-refractivity contribution in [1.29, 1.82) is 0 Å². The highest BCUT2D eigenvalue weighted by Gasteiger charge is 2.41. The monoisotopic (exact) mass is 869 g/mol. The number of benzene rings is 1. The normalized spacial score (nSPS) is 26.2. The Labute approximate surface area is 341 Å². The fourth-order valence-corrected chi connectivity index (χ4v) is 7.97. The van der Waals surface area contributed by atoms with Gasteiger partial charge in [-0.1, -0.05) is 39.8 Å². The van der Waals surface area contributed by atoms with Crippen LogP contribution in [0.1, 0.15) is 24.8 Å². The van der Waals surface area contributed by atoms with Crippen LogP contribution in [0.4, 0.5) is 5.69 Å². The van der Waals surface area contributed by atoms with Crippen LogP contribution in [0.5, 0.6) is 0 Å². The molecular formula is C32H43N11O14S2. The van der Waals surface area contributed by atoms with Crippen molar-refractivity contribution in [3.05, 3.63) is 39.9 Å². The highest BCUT2D eigenvalue weighted by atomic mass is 33.1. The summed E-state index contributed by atoms with van der Waals surface area (Å²) >= 11 is 0. The zero-order valence-corrected chi connectivity index (χ0v) is 32.6. The predicted octanol–water partition coefficient (Wildman–Crippen LogP) is -6.17. The number of aliphatic hydroxyl groups is 1. The molecule has 59 heavy (non-hydrogen) atoms. The molecule has 25 nitrogen and oxygen atoms in total. The molecule has 0 saturated carbocycles. The van der Waals surface area contributed by atoms with E-state index in [4.69, 9.17) is 17.2 Å². The first-order valence-corrected chi connectivity index (χ1v) is 20.0. The van der Waals surface area contributed by atoms with E-state index in [0.717, 1.165) is 32.6 Å². The predicted molar refractivity (Wildman–Crippen MR) is 205 cm³/mol. The van der Waals surface area contributed by atoms with Gasteiger partial charge in [-0.3, -0.25) is 58.1 Å². The molecular weight excluding hydrogens is 827 g/mol. The minimum Gasteiger partial charge on any atom is -0.481 e. The summed E-state index contributed by atoms with van der Waals surface area (Å²) in [6, 6.07) is -4.10. The maximum atomic E-state index is 13.5. The van der Waals surface area contributed by atoms with Crippen molar-refractivity contribution in [3.63, 3.8) is 0 Å². The average Bonchev–Trinajstić information content (AvgIpc) is 3.57. The maximum absolute atomic E-state index is 13.5. The van der Waals surface area contributed by atoms with Gasteiger partial charge < -0.3 is 64.2 Å². The molecule has 2 aliphatic heterocycles. The number of nitrogens with one attached hydrogen (secondary N) is 6. The summed E-state index contributed by atoms with van der Waals surface area (Å²) < 4.78 is 0. The molecule has 0 radical (unpaired) electrons. The number of fused-ring (bicyclic) bond motifs is 1. The molecule has 322 valence electrons. The van der Waals surface area contributed by atoms with E-state index < -0.39 is 151 Å². The van der Waals surface area contributed by atoms with Gasteiger partial charge in [-0.25, -0.2) is 0 Å². The first-order chi connectivity index (χ1) is 27.8. The minimum atomic E-state index is -1.75. The molecule has 2 fully saturated rings. The molecule has 1 aromatic carbocycles. The first kappa shape index (κ1) is 47.3. The number of hydrogen-bond donors (Lipinski definition) is 11. The second-order valence-electron chi connectivity index (χ2n) is 13.1. The highest BCUT2D eigenvalue weighted by molar-refractivity contribution is 8.76. The van der Waals surface area contributed by atoms with Crippen molar-refractivity contribution in [2.24, 2.45) is 17.2 Å². The molecule has 9 amide bonds. The first-order valence-electron chi connectivity index (χ1n) is 17.5. The van der Waals surface area contributed by atoms with E-state index in [1.807, 2.05) is 0 Å². The molecule has 2 saturated heterocycles. The summed E-state index contributed by atoms with van der Waals surface area (Å²) in [6.45, 7) is -2.16. The molecule has 2 aliphatic rings. The van der Waals surface area contributed by atoms with Crippen LogP contribution in [-0.2, 0) is 54.4 Å². The quantitative estimate of drug-likeness (QED) is 0.0658. The zero-order valence-electron chi connectivity index (χ0n) is 31.0. The van der Waals surface area contributed by atoms with Crippen molar-refractivity contribution < 1.29 is 63.1 Å². The Morgan fingerprint density at radius 1 is 0.814 bits per heavy atom. The lowest BCUT2D eigenvalue weighted by Gasteiger charge is -2.27. The number of rotatable bonds is 8. The number of aliphatic hydroxyl groups excluding tert-OH is 1. The van der Waals surface area contributed by atoms with Gasteiger partial charge >= 0.3 is 5.97 Å². The molecule has 0 bridgehead atoms. The third kappa shape index (κ3) is 14.7. The number of para-hydroxylation sites is 1. The van der Waals surface area contributed by atoms with Crippen LogP contribution in [0.2, 0.25) is 0 Å².